The van der Waals surface area contributed by atoms with Crippen molar-refractivity contribution in [1.82, 2.24) is 0 Å². The molecule has 0 aromatic carbocycles. The smallest absolute Gasteiger partial charge is 0.0583 e. The van der Waals surface area contributed by atoms with Crippen molar-refractivity contribution in [1.29, 1.82) is 0 Å². The van der Waals surface area contributed by atoms with Gasteiger partial charge < -0.3 is 4.74 Å². The Morgan fingerprint density at radius 1 is 1.67 bits per heavy atom. The molecule has 0 spiro atoms. The molecule has 1 nitrogen and oxygen atoms in total. The topological polar surface area (TPSA) is 9.23 Å². The Balaban J connectivity index is 1.98. The minimum Gasteiger partial charge on any atom is -0.378 e. The highest BCUT2D eigenvalue weighted by Crippen LogP contribution is 2.16. The van der Waals surface area contributed by atoms with Crippen LogP contribution in [0.5, 0.6) is 0 Å². The fourth-order valence-corrected chi connectivity index (χ4v) is 1.62. The van der Waals surface area contributed by atoms with Crippen LogP contribution in [0.3, 0.4) is 0 Å². The number of rotatable bonds is 3. The summed E-state index contributed by atoms with van der Waals surface area (Å²) in [7, 11) is 0. The van der Waals surface area contributed by atoms with E-state index in [1.54, 1.807) is 0 Å². The van der Waals surface area contributed by atoms with Crippen LogP contribution in [0.15, 0.2) is 0 Å². The van der Waals surface area contributed by atoms with Gasteiger partial charge in [-0.1, -0.05) is 0 Å². The zero-order valence-electron chi connectivity index (χ0n) is 5.93. The van der Waals surface area contributed by atoms with E-state index in [1.165, 1.54) is 25.0 Å². The molecule has 2 heteroatoms. The first-order chi connectivity index (χ1) is 4.43. The maximum Gasteiger partial charge on any atom is 0.0583 e. The summed E-state index contributed by atoms with van der Waals surface area (Å²) in [6.45, 7) is 0.999. The molecule has 0 radical (unpaired) electrons. The van der Waals surface area contributed by atoms with Gasteiger partial charge in [-0.3, -0.25) is 0 Å². The molecule has 0 bridgehead atoms. The monoisotopic (exact) mass is 146 g/mol. The molecule has 0 N–H and O–H groups in total. The van der Waals surface area contributed by atoms with E-state index < -0.39 is 0 Å². The van der Waals surface area contributed by atoms with Crippen LogP contribution in [0.2, 0.25) is 0 Å². The standard InChI is InChI=1S/C7H14OS/c1-9-6-4-7-3-2-5-8-7/h7H,2-6H2,1H3/t7-/m0/s1. The minimum atomic E-state index is 0.595. The van der Waals surface area contributed by atoms with Crippen molar-refractivity contribution in [3.63, 3.8) is 0 Å². The Kier molecular flexibility index (Phi) is 3.44. The van der Waals surface area contributed by atoms with Gasteiger partial charge in [-0.2, -0.15) is 11.8 Å². The van der Waals surface area contributed by atoms with E-state index in [0.717, 1.165) is 6.61 Å². The Hall–Kier alpha value is 0.310. The Morgan fingerprint density at radius 3 is 3.11 bits per heavy atom. The van der Waals surface area contributed by atoms with Crippen molar-refractivity contribution < 1.29 is 4.74 Å². The number of ether oxygens (including phenoxy) is 1. The zero-order chi connectivity index (χ0) is 6.53. The van der Waals surface area contributed by atoms with Crippen molar-refractivity contribution in [2.75, 3.05) is 18.6 Å². The highest BCUT2D eigenvalue weighted by atomic mass is 32.2. The largest absolute Gasteiger partial charge is 0.378 e. The van der Waals surface area contributed by atoms with Crippen LogP contribution in [0.25, 0.3) is 0 Å². The summed E-state index contributed by atoms with van der Waals surface area (Å²) < 4.78 is 5.44. The van der Waals surface area contributed by atoms with Crippen molar-refractivity contribution in [3.05, 3.63) is 0 Å². The predicted octanol–water partition coefficient (Wildman–Crippen LogP) is 1.92. The second kappa shape index (κ2) is 4.18. The SMILES string of the molecule is CSCC[C@@H]1CCCO1. The molecule has 1 heterocycles. The highest BCUT2D eigenvalue weighted by molar-refractivity contribution is 7.98. The Bertz CT molecular complexity index is 69.3. The second-order valence-corrected chi connectivity index (χ2v) is 3.40. The van der Waals surface area contributed by atoms with Crippen LogP contribution >= 0.6 is 11.8 Å². The predicted molar refractivity (Wildman–Crippen MR) is 42.0 cm³/mol. The third kappa shape index (κ3) is 2.59. The molecule has 1 atom stereocenters. The van der Waals surface area contributed by atoms with Crippen LogP contribution in [0, 0.1) is 0 Å². The Morgan fingerprint density at radius 2 is 2.56 bits per heavy atom. The summed E-state index contributed by atoms with van der Waals surface area (Å²) in [5, 5.41) is 0. The van der Waals surface area contributed by atoms with Gasteiger partial charge in [-0.15, -0.1) is 0 Å². The van der Waals surface area contributed by atoms with Gasteiger partial charge in [0.25, 0.3) is 0 Å². The van der Waals surface area contributed by atoms with Crippen molar-refractivity contribution >= 4 is 11.8 Å². The van der Waals surface area contributed by atoms with Crippen LogP contribution in [-0.2, 0) is 4.74 Å². The van der Waals surface area contributed by atoms with E-state index in [1.807, 2.05) is 11.8 Å². The summed E-state index contributed by atoms with van der Waals surface area (Å²) in [6.07, 6.45) is 6.56. The highest BCUT2D eigenvalue weighted by Gasteiger charge is 2.13. The maximum absolute atomic E-state index is 5.44. The van der Waals surface area contributed by atoms with E-state index >= 15 is 0 Å². The fraction of sp³-hybridized carbons (Fsp3) is 1.00. The summed E-state index contributed by atoms with van der Waals surface area (Å²) >= 11 is 1.91. The van der Waals surface area contributed by atoms with Crippen LogP contribution in [0.1, 0.15) is 19.3 Å². The summed E-state index contributed by atoms with van der Waals surface area (Å²) in [4.78, 5) is 0. The van der Waals surface area contributed by atoms with Gasteiger partial charge in [0.05, 0.1) is 6.10 Å². The van der Waals surface area contributed by atoms with Gasteiger partial charge in [0, 0.05) is 6.61 Å². The normalized spacial score (nSPS) is 27.0. The molecular weight excluding hydrogens is 132 g/mol. The lowest BCUT2D eigenvalue weighted by Gasteiger charge is -2.05. The molecule has 0 aromatic heterocycles. The van der Waals surface area contributed by atoms with E-state index in [-0.39, 0.29) is 0 Å². The minimum absolute atomic E-state index is 0.595. The van der Waals surface area contributed by atoms with E-state index in [4.69, 9.17) is 4.74 Å². The van der Waals surface area contributed by atoms with Crippen LogP contribution < -0.4 is 0 Å². The maximum atomic E-state index is 5.44. The molecular formula is C7H14OS. The number of hydrogen-bond donors (Lipinski definition) is 0. The van der Waals surface area contributed by atoms with E-state index in [0.29, 0.717) is 6.10 Å². The van der Waals surface area contributed by atoms with Gasteiger partial charge in [0.1, 0.15) is 0 Å². The molecule has 0 unspecified atom stereocenters. The quantitative estimate of drug-likeness (QED) is 0.601. The van der Waals surface area contributed by atoms with Crippen molar-refractivity contribution in [2.45, 2.75) is 25.4 Å². The average molecular weight is 146 g/mol. The molecule has 1 rings (SSSR count). The molecule has 1 aliphatic rings. The summed E-state index contributed by atoms with van der Waals surface area (Å²) in [6, 6.07) is 0. The van der Waals surface area contributed by atoms with Crippen LogP contribution in [0.4, 0.5) is 0 Å². The second-order valence-electron chi connectivity index (χ2n) is 2.42. The van der Waals surface area contributed by atoms with Gasteiger partial charge in [-0.05, 0) is 31.3 Å². The van der Waals surface area contributed by atoms with Crippen molar-refractivity contribution in [2.24, 2.45) is 0 Å². The molecule has 1 aliphatic heterocycles. The third-order valence-corrected chi connectivity index (χ3v) is 2.31. The number of hydrogen-bond acceptors (Lipinski definition) is 2. The lowest BCUT2D eigenvalue weighted by atomic mass is 10.2. The lowest BCUT2D eigenvalue weighted by Crippen LogP contribution is -2.05. The van der Waals surface area contributed by atoms with E-state index in [2.05, 4.69) is 6.26 Å². The first kappa shape index (κ1) is 7.42. The van der Waals surface area contributed by atoms with Gasteiger partial charge in [0.15, 0.2) is 0 Å². The first-order valence-electron chi connectivity index (χ1n) is 3.54. The van der Waals surface area contributed by atoms with Crippen LogP contribution in [-0.4, -0.2) is 24.7 Å². The third-order valence-electron chi connectivity index (χ3n) is 1.67. The molecule has 1 saturated heterocycles. The van der Waals surface area contributed by atoms with Gasteiger partial charge >= 0.3 is 0 Å². The summed E-state index contributed by atoms with van der Waals surface area (Å²) in [5.74, 6) is 1.25. The van der Waals surface area contributed by atoms with Gasteiger partial charge in [0.2, 0.25) is 0 Å². The molecule has 0 aromatic rings. The van der Waals surface area contributed by atoms with Crippen molar-refractivity contribution in [3.8, 4) is 0 Å². The first-order valence-corrected chi connectivity index (χ1v) is 4.93. The molecule has 0 aliphatic carbocycles. The zero-order valence-corrected chi connectivity index (χ0v) is 6.75. The molecule has 54 valence electrons. The fourth-order valence-electron chi connectivity index (χ4n) is 1.12. The molecule has 9 heavy (non-hydrogen) atoms. The summed E-state index contributed by atoms with van der Waals surface area (Å²) in [5.41, 5.74) is 0. The Labute approximate surface area is 61.2 Å². The number of thioether (sulfide) groups is 1. The molecule has 0 amide bonds. The van der Waals surface area contributed by atoms with Gasteiger partial charge in [-0.25, -0.2) is 0 Å². The molecule has 0 saturated carbocycles. The molecule has 1 fully saturated rings. The average Bonchev–Trinajstić information content (AvgIpc) is 2.34. The lowest BCUT2D eigenvalue weighted by molar-refractivity contribution is 0.109. The van der Waals surface area contributed by atoms with E-state index in [9.17, 15) is 0 Å².